The van der Waals surface area contributed by atoms with Crippen LogP contribution < -0.4 is 0 Å². The van der Waals surface area contributed by atoms with E-state index in [2.05, 4.69) is 166 Å². The van der Waals surface area contributed by atoms with Gasteiger partial charge in [0.25, 0.3) is 0 Å². The average molecular weight is 884 g/mol. The monoisotopic (exact) mass is 883 g/mol. The lowest BCUT2D eigenvalue weighted by molar-refractivity contribution is 1.16. The second-order valence-corrected chi connectivity index (χ2v) is 17.9. The van der Waals surface area contributed by atoms with Gasteiger partial charge in [-0.1, -0.05) is 145 Å². The van der Waals surface area contributed by atoms with Crippen molar-refractivity contribution in [2.24, 2.45) is 0 Å². The normalized spacial score (nSPS) is 11.2. The van der Waals surface area contributed by atoms with Crippen LogP contribution in [0, 0.1) is 50.4 Å². The van der Waals surface area contributed by atoms with Gasteiger partial charge in [-0.05, 0) is 139 Å². The summed E-state index contributed by atoms with van der Waals surface area (Å²) < 4.78 is 2.38. The summed E-state index contributed by atoms with van der Waals surface area (Å²) in [5.41, 5.74) is 21.4. The van der Waals surface area contributed by atoms with Crippen molar-refractivity contribution in [3.05, 3.63) is 234 Å². The van der Waals surface area contributed by atoms with Crippen molar-refractivity contribution >= 4 is 21.8 Å². The molecule has 2 heterocycles. The predicted molar refractivity (Wildman–Crippen MR) is 283 cm³/mol. The van der Waals surface area contributed by atoms with Crippen molar-refractivity contribution in [1.82, 2.24) is 14.5 Å². The van der Waals surface area contributed by atoms with Crippen LogP contribution >= 0.6 is 0 Å². The molecule has 0 aliphatic heterocycles. The summed E-state index contributed by atoms with van der Waals surface area (Å²) in [7, 11) is 0. The molecule has 0 saturated heterocycles. The van der Waals surface area contributed by atoms with E-state index in [1.54, 1.807) is 0 Å². The molecule has 0 bridgehead atoms. The van der Waals surface area contributed by atoms with Gasteiger partial charge in [0, 0.05) is 38.6 Å². The van der Waals surface area contributed by atoms with Crippen molar-refractivity contribution in [1.29, 1.82) is 10.5 Å². The quantitative estimate of drug-likeness (QED) is 0.152. The summed E-state index contributed by atoms with van der Waals surface area (Å²) in [4.78, 5) is 10.6. The van der Waals surface area contributed by atoms with Crippen LogP contribution in [0.2, 0.25) is 0 Å². The number of nitrogens with zero attached hydrogens (tertiary/aromatic N) is 5. The molecule has 0 saturated carbocycles. The predicted octanol–water partition coefficient (Wildman–Crippen LogP) is 16.2. The minimum absolute atomic E-state index is 0.545. The van der Waals surface area contributed by atoms with Gasteiger partial charge in [-0.2, -0.15) is 10.5 Å². The second kappa shape index (κ2) is 17.6. The van der Waals surface area contributed by atoms with Crippen LogP contribution in [0.15, 0.2) is 200 Å². The zero-order valence-corrected chi connectivity index (χ0v) is 38.8. The molecule has 0 aliphatic rings. The Morgan fingerprint density at radius 1 is 0.362 bits per heavy atom. The minimum Gasteiger partial charge on any atom is -0.308 e. The third kappa shape index (κ3) is 7.93. The molecule has 0 atom stereocenters. The van der Waals surface area contributed by atoms with E-state index in [9.17, 15) is 10.5 Å². The number of aromatic nitrogens is 3. The van der Waals surface area contributed by atoms with Crippen LogP contribution in [0.25, 0.3) is 106 Å². The Morgan fingerprint density at radius 3 is 1.23 bits per heavy atom. The average Bonchev–Trinajstić information content (AvgIpc) is 3.71. The summed E-state index contributed by atoms with van der Waals surface area (Å²) in [6.45, 7) is 8.63. The number of nitriles is 2. The fraction of sp³-hybridized carbons (Fsp3) is 0.0625. The molecular weight excluding hydrogens is 839 g/mol. The van der Waals surface area contributed by atoms with Crippen LogP contribution in [0.5, 0.6) is 0 Å². The Morgan fingerprint density at radius 2 is 0.797 bits per heavy atom. The standard InChI is InChI=1S/C64H45N5/c1-40-21-25-53(42(3)29-40)50-23-27-61-57(33-50)58-34-51(54-26-22-41(2)30-43(54)4)24-28-62(58)69(61)63-55(48-19-11-13-44(31-48)38-65)35-52(36-56(63)49-20-12-14-45(32-49)39-66)64-67-59(46-15-7-5-8-16-46)37-60(68-64)47-17-9-6-10-18-47/h5-37H,1-4H3. The first kappa shape index (κ1) is 42.5. The topological polar surface area (TPSA) is 78.3 Å². The molecule has 2 aromatic heterocycles. The van der Waals surface area contributed by atoms with E-state index in [0.29, 0.717) is 17.0 Å². The largest absolute Gasteiger partial charge is 0.308 e. The molecule has 0 spiro atoms. The number of aryl methyl sites for hydroxylation is 4. The van der Waals surface area contributed by atoms with Gasteiger partial charge in [0.1, 0.15) is 0 Å². The van der Waals surface area contributed by atoms with Crippen LogP contribution in [0.3, 0.4) is 0 Å². The van der Waals surface area contributed by atoms with Gasteiger partial charge in [0.15, 0.2) is 5.82 Å². The third-order valence-corrected chi connectivity index (χ3v) is 13.2. The highest BCUT2D eigenvalue weighted by Gasteiger charge is 2.24. The highest BCUT2D eigenvalue weighted by molar-refractivity contribution is 6.13. The van der Waals surface area contributed by atoms with Crippen LogP contribution in [0.1, 0.15) is 33.4 Å². The van der Waals surface area contributed by atoms with Crippen molar-refractivity contribution in [3.63, 3.8) is 0 Å². The zero-order valence-electron chi connectivity index (χ0n) is 38.8. The first-order valence-corrected chi connectivity index (χ1v) is 23.2. The van der Waals surface area contributed by atoms with Crippen molar-refractivity contribution < 1.29 is 0 Å². The summed E-state index contributed by atoms with van der Waals surface area (Å²) in [5, 5.41) is 22.9. The Hall–Kier alpha value is -9.16. The number of hydrogen-bond donors (Lipinski definition) is 0. The van der Waals surface area contributed by atoms with E-state index in [0.717, 1.165) is 89.0 Å². The Kier molecular flexibility index (Phi) is 10.8. The maximum absolute atomic E-state index is 10.3. The van der Waals surface area contributed by atoms with E-state index in [1.165, 1.54) is 33.4 Å². The Labute approximate surface area is 402 Å². The molecule has 11 rings (SSSR count). The molecule has 326 valence electrons. The first-order chi connectivity index (χ1) is 33.7. The lowest BCUT2D eigenvalue weighted by atomic mass is 9.91. The molecule has 69 heavy (non-hydrogen) atoms. The number of rotatable bonds is 8. The van der Waals surface area contributed by atoms with E-state index in [1.807, 2.05) is 78.9 Å². The molecule has 0 N–H and O–H groups in total. The smallest absolute Gasteiger partial charge is 0.160 e. The summed E-state index contributed by atoms with van der Waals surface area (Å²) in [5.74, 6) is 0.551. The second-order valence-electron chi connectivity index (χ2n) is 17.9. The molecule has 0 fully saturated rings. The first-order valence-electron chi connectivity index (χ1n) is 23.2. The molecule has 0 radical (unpaired) electrons. The summed E-state index contributed by atoms with van der Waals surface area (Å²) in [6.07, 6.45) is 0. The van der Waals surface area contributed by atoms with E-state index >= 15 is 0 Å². The molecule has 0 amide bonds. The van der Waals surface area contributed by atoms with Crippen molar-refractivity contribution in [3.8, 4) is 96.2 Å². The van der Waals surface area contributed by atoms with Gasteiger partial charge < -0.3 is 4.57 Å². The lowest BCUT2D eigenvalue weighted by Gasteiger charge is -2.21. The summed E-state index contributed by atoms with van der Waals surface area (Å²) in [6, 6.07) is 74.2. The van der Waals surface area contributed by atoms with Gasteiger partial charge in [-0.3, -0.25) is 0 Å². The van der Waals surface area contributed by atoms with Gasteiger partial charge in [-0.25, -0.2) is 9.97 Å². The van der Waals surface area contributed by atoms with Gasteiger partial charge in [0.2, 0.25) is 0 Å². The van der Waals surface area contributed by atoms with E-state index in [4.69, 9.17) is 9.97 Å². The molecular formula is C64H45N5. The number of benzene rings is 9. The molecule has 5 heteroatoms. The fourth-order valence-corrected chi connectivity index (χ4v) is 9.92. The molecule has 9 aromatic carbocycles. The highest BCUT2D eigenvalue weighted by atomic mass is 15.0. The van der Waals surface area contributed by atoms with Gasteiger partial charge in [-0.15, -0.1) is 0 Å². The zero-order chi connectivity index (χ0) is 47.2. The van der Waals surface area contributed by atoms with E-state index in [-0.39, 0.29) is 0 Å². The highest BCUT2D eigenvalue weighted by Crippen LogP contribution is 2.46. The SMILES string of the molecule is Cc1ccc(-c2ccc3c(c2)c2cc(-c4ccc(C)cc4C)ccc2n3-c2c(-c3cccc(C#N)c3)cc(-c3nc(-c4ccccc4)cc(-c4ccccc4)n3)cc2-c2cccc(C#N)c2)c(C)c1. The molecule has 0 aliphatic carbocycles. The molecule has 11 aromatic rings. The van der Waals surface area contributed by atoms with Gasteiger partial charge >= 0.3 is 0 Å². The molecule has 5 nitrogen and oxygen atoms in total. The van der Waals surface area contributed by atoms with Crippen LogP contribution in [-0.4, -0.2) is 14.5 Å². The van der Waals surface area contributed by atoms with Gasteiger partial charge in [0.05, 0.1) is 51.4 Å². The Balaban J connectivity index is 1.27. The Bertz CT molecular complexity index is 3660. The molecule has 0 unspecified atom stereocenters. The third-order valence-electron chi connectivity index (χ3n) is 13.2. The van der Waals surface area contributed by atoms with Crippen molar-refractivity contribution in [2.75, 3.05) is 0 Å². The van der Waals surface area contributed by atoms with Crippen LogP contribution in [0.4, 0.5) is 0 Å². The lowest BCUT2D eigenvalue weighted by Crippen LogP contribution is -2.03. The minimum atomic E-state index is 0.545. The maximum atomic E-state index is 10.3. The summed E-state index contributed by atoms with van der Waals surface area (Å²) >= 11 is 0. The van der Waals surface area contributed by atoms with E-state index < -0.39 is 0 Å². The maximum Gasteiger partial charge on any atom is 0.160 e. The number of fused-ring (bicyclic) bond motifs is 3. The fourth-order valence-electron chi connectivity index (χ4n) is 9.92. The van der Waals surface area contributed by atoms with Crippen LogP contribution in [-0.2, 0) is 0 Å². The van der Waals surface area contributed by atoms with Crippen molar-refractivity contribution in [2.45, 2.75) is 27.7 Å². The number of hydrogen-bond acceptors (Lipinski definition) is 4.